The van der Waals surface area contributed by atoms with Gasteiger partial charge in [0.05, 0.1) is 0 Å². The molecule has 1 aromatic heterocycles. The lowest BCUT2D eigenvalue weighted by Gasteiger charge is -1.93. The molecule has 1 N–H and O–H groups in total. The van der Waals surface area contributed by atoms with Crippen LogP contribution in [0.3, 0.4) is 0 Å². The molecule has 0 amide bonds. The first kappa shape index (κ1) is 8.97. The van der Waals surface area contributed by atoms with E-state index >= 15 is 0 Å². The molecule has 0 atom stereocenters. The van der Waals surface area contributed by atoms with Crippen LogP contribution in [0.4, 0.5) is 4.39 Å². The Morgan fingerprint density at radius 2 is 2.15 bits per heavy atom. The van der Waals surface area contributed by atoms with Gasteiger partial charge >= 0.3 is 0 Å². The molecule has 0 fully saturated rings. The van der Waals surface area contributed by atoms with Crippen molar-refractivity contribution in [3.05, 3.63) is 28.9 Å². The van der Waals surface area contributed by atoms with Gasteiger partial charge in [-0.25, -0.2) is 4.39 Å². The number of benzene rings is 1. The van der Waals surface area contributed by atoms with E-state index < -0.39 is 5.82 Å². The van der Waals surface area contributed by atoms with E-state index in [1.54, 1.807) is 0 Å². The van der Waals surface area contributed by atoms with Crippen LogP contribution in [0.25, 0.3) is 10.1 Å². The molecule has 13 heavy (non-hydrogen) atoms. The number of fused-ring (bicyclic) bond motifs is 1. The van der Waals surface area contributed by atoms with Crippen molar-refractivity contribution >= 4 is 37.4 Å². The first-order chi connectivity index (χ1) is 6.20. The number of phenols is 1. The highest BCUT2D eigenvalue weighted by molar-refractivity contribution is 9.08. The number of halogens is 2. The largest absolute Gasteiger partial charge is 0.507 e. The number of aromatic hydroxyl groups is 1. The molecular formula is C9H6BrFOS. The van der Waals surface area contributed by atoms with Gasteiger partial charge < -0.3 is 5.11 Å². The maximum atomic E-state index is 12.8. The molecule has 1 aromatic carbocycles. The quantitative estimate of drug-likeness (QED) is 0.777. The van der Waals surface area contributed by atoms with E-state index in [0.29, 0.717) is 0 Å². The molecule has 0 saturated carbocycles. The van der Waals surface area contributed by atoms with Crippen LogP contribution in [-0.4, -0.2) is 5.11 Å². The topological polar surface area (TPSA) is 20.2 Å². The van der Waals surface area contributed by atoms with Gasteiger partial charge in [-0.15, -0.1) is 11.3 Å². The molecule has 1 heterocycles. The summed E-state index contributed by atoms with van der Waals surface area (Å²) in [5.41, 5.74) is 0. The smallest absolute Gasteiger partial charge is 0.128 e. The van der Waals surface area contributed by atoms with Crippen molar-refractivity contribution in [2.24, 2.45) is 0 Å². The summed E-state index contributed by atoms with van der Waals surface area (Å²) < 4.78 is 13.6. The number of rotatable bonds is 1. The van der Waals surface area contributed by atoms with E-state index in [2.05, 4.69) is 15.9 Å². The summed E-state index contributed by atoms with van der Waals surface area (Å²) in [6.07, 6.45) is 0. The molecule has 0 unspecified atom stereocenters. The molecule has 2 aromatic rings. The predicted molar refractivity (Wildman–Crippen MR) is 56.1 cm³/mol. The van der Waals surface area contributed by atoms with Crippen LogP contribution in [0, 0.1) is 5.82 Å². The molecule has 0 saturated heterocycles. The summed E-state index contributed by atoms with van der Waals surface area (Å²) in [5.74, 6) is -0.383. The minimum atomic E-state index is -0.395. The first-order valence-corrected chi connectivity index (χ1v) is 5.61. The fourth-order valence-electron chi connectivity index (χ4n) is 1.21. The fraction of sp³-hybridized carbons (Fsp3) is 0.111. The molecule has 0 spiro atoms. The molecule has 0 aliphatic carbocycles. The minimum Gasteiger partial charge on any atom is -0.507 e. The van der Waals surface area contributed by atoms with Gasteiger partial charge in [-0.3, -0.25) is 0 Å². The van der Waals surface area contributed by atoms with Crippen LogP contribution in [0.2, 0.25) is 0 Å². The fourth-order valence-corrected chi connectivity index (χ4v) is 2.67. The van der Waals surface area contributed by atoms with Crippen LogP contribution in [0.15, 0.2) is 18.2 Å². The summed E-state index contributed by atoms with van der Waals surface area (Å²) in [7, 11) is 0. The lowest BCUT2D eigenvalue weighted by molar-refractivity contribution is 0.476. The second-order valence-electron chi connectivity index (χ2n) is 2.68. The highest BCUT2D eigenvalue weighted by Gasteiger charge is 2.06. The van der Waals surface area contributed by atoms with Gasteiger partial charge in [0.15, 0.2) is 0 Å². The van der Waals surface area contributed by atoms with Gasteiger partial charge in [-0.2, -0.15) is 0 Å². The van der Waals surface area contributed by atoms with Crippen molar-refractivity contribution in [3.8, 4) is 5.75 Å². The Kier molecular flexibility index (Phi) is 2.26. The maximum absolute atomic E-state index is 12.8. The number of alkyl halides is 1. The van der Waals surface area contributed by atoms with Gasteiger partial charge in [0.1, 0.15) is 11.6 Å². The van der Waals surface area contributed by atoms with Crippen molar-refractivity contribution in [3.63, 3.8) is 0 Å². The molecule has 0 bridgehead atoms. The third-order valence-electron chi connectivity index (χ3n) is 1.76. The molecule has 0 aliphatic heterocycles. The van der Waals surface area contributed by atoms with E-state index in [-0.39, 0.29) is 5.75 Å². The Hall–Kier alpha value is -0.610. The average Bonchev–Trinajstić information content (AvgIpc) is 2.47. The normalized spacial score (nSPS) is 10.9. The van der Waals surface area contributed by atoms with Crippen molar-refractivity contribution in [2.75, 3.05) is 0 Å². The van der Waals surface area contributed by atoms with Crippen LogP contribution < -0.4 is 0 Å². The van der Waals surface area contributed by atoms with Crippen LogP contribution in [0.5, 0.6) is 5.75 Å². The van der Waals surface area contributed by atoms with Crippen molar-refractivity contribution < 1.29 is 9.50 Å². The molecule has 4 heteroatoms. The van der Waals surface area contributed by atoms with Crippen LogP contribution >= 0.6 is 27.3 Å². The van der Waals surface area contributed by atoms with E-state index in [4.69, 9.17) is 0 Å². The Morgan fingerprint density at radius 3 is 2.85 bits per heavy atom. The predicted octanol–water partition coefficient (Wildman–Crippen LogP) is 3.64. The van der Waals surface area contributed by atoms with Gasteiger partial charge in [0.2, 0.25) is 0 Å². The zero-order chi connectivity index (χ0) is 9.42. The molecule has 68 valence electrons. The standard InChI is InChI=1S/C9H6BrFOS/c10-4-6-3-7-8(12)1-5(11)2-9(7)13-6/h1-3,12H,4H2. The highest BCUT2D eigenvalue weighted by Crippen LogP contribution is 2.33. The Bertz CT molecular complexity index is 452. The Morgan fingerprint density at radius 1 is 1.38 bits per heavy atom. The second kappa shape index (κ2) is 3.27. The van der Waals surface area contributed by atoms with Gasteiger partial charge in [-0.05, 0) is 12.1 Å². The van der Waals surface area contributed by atoms with E-state index in [1.807, 2.05) is 6.07 Å². The second-order valence-corrected chi connectivity index (χ2v) is 4.41. The monoisotopic (exact) mass is 260 g/mol. The summed E-state index contributed by atoms with van der Waals surface area (Å²) in [4.78, 5) is 1.08. The van der Waals surface area contributed by atoms with Gasteiger partial charge in [0.25, 0.3) is 0 Å². The first-order valence-electron chi connectivity index (χ1n) is 3.67. The summed E-state index contributed by atoms with van der Waals surface area (Å²) >= 11 is 4.79. The molecule has 2 rings (SSSR count). The van der Waals surface area contributed by atoms with E-state index in [9.17, 15) is 9.50 Å². The highest BCUT2D eigenvalue weighted by atomic mass is 79.9. The Balaban J connectivity index is 2.75. The number of phenolic OH excluding ortho intramolecular Hbond substituents is 1. The Labute approximate surface area is 86.9 Å². The number of hydrogen-bond acceptors (Lipinski definition) is 2. The summed E-state index contributed by atoms with van der Waals surface area (Å²) in [6.45, 7) is 0. The van der Waals surface area contributed by atoms with Gasteiger partial charge in [-0.1, -0.05) is 15.9 Å². The lowest BCUT2D eigenvalue weighted by atomic mass is 10.2. The van der Waals surface area contributed by atoms with Crippen molar-refractivity contribution in [1.29, 1.82) is 0 Å². The summed E-state index contributed by atoms with van der Waals surface area (Å²) in [5, 5.41) is 10.9. The number of hydrogen-bond donors (Lipinski definition) is 1. The molecular weight excluding hydrogens is 255 g/mol. The van der Waals surface area contributed by atoms with E-state index in [0.717, 1.165) is 26.4 Å². The third-order valence-corrected chi connectivity index (χ3v) is 3.82. The minimum absolute atomic E-state index is 0.0125. The summed E-state index contributed by atoms with van der Waals surface area (Å²) in [6, 6.07) is 4.43. The maximum Gasteiger partial charge on any atom is 0.128 e. The molecule has 0 radical (unpaired) electrons. The molecule has 1 nitrogen and oxygen atoms in total. The van der Waals surface area contributed by atoms with Gasteiger partial charge in [0, 0.05) is 26.4 Å². The average molecular weight is 261 g/mol. The molecule has 0 aliphatic rings. The van der Waals surface area contributed by atoms with Crippen molar-refractivity contribution in [1.82, 2.24) is 0 Å². The lowest BCUT2D eigenvalue weighted by Crippen LogP contribution is -1.72. The zero-order valence-electron chi connectivity index (χ0n) is 6.55. The zero-order valence-corrected chi connectivity index (χ0v) is 8.95. The SMILES string of the molecule is Oc1cc(F)cc2sc(CBr)cc12. The van der Waals surface area contributed by atoms with Crippen LogP contribution in [0.1, 0.15) is 4.88 Å². The number of thiophene rings is 1. The van der Waals surface area contributed by atoms with Crippen LogP contribution in [-0.2, 0) is 5.33 Å². The van der Waals surface area contributed by atoms with E-state index in [1.165, 1.54) is 17.4 Å². The third kappa shape index (κ3) is 1.56. The van der Waals surface area contributed by atoms with Crippen molar-refractivity contribution in [2.45, 2.75) is 5.33 Å².